The first-order chi connectivity index (χ1) is 24.7. The molecule has 1 aliphatic carbocycles. The van der Waals surface area contributed by atoms with E-state index >= 15 is 0 Å². The fraction of sp³-hybridized carbons (Fsp3) is 0.263. The number of nitrogens with one attached hydrogen (secondary N) is 3. The van der Waals surface area contributed by atoms with Crippen molar-refractivity contribution in [2.24, 2.45) is 0 Å². The van der Waals surface area contributed by atoms with Crippen molar-refractivity contribution in [3.8, 4) is 0 Å². The molecular formula is C38H38F2N6O6. The Labute approximate surface area is 298 Å². The van der Waals surface area contributed by atoms with Crippen LogP contribution in [0.15, 0.2) is 72.9 Å². The lowest BCUT2D eigenvalue weighted by atomic mass is 9.97. The number of anilines is 1. The predicted octanol–water partition coefficient (Wildman–Crippen LogP) is 6.05. The summed E-state index contributed by atoms with van der Waals surface area (Å²) in [6.45, 7) is 7.01. The summed E-state index contributed by atoms with van der Waals surface area (Å²) in [5, 5.41) is 22.1. The number of halogens is 2. The molecule has 5 aromatic rings. The van der Waals surface area contributed by atoms with Crippen molar-refractivity contribution < 1.29 is 37.8 Å². The van der Waals surface area contributed by atoms with Crippen molar-refractivity contribution in [2.75, 3.05) is 12.4 Å². The third-order valence-electron chi connectivity index (χ3n) is 8.28. The summed E-state index contributed by atoms with van der Waals surface area (Å²) in [4.78, 5) is 55.3. The number of ether oxygens (including phenoxy) is 1. The third-order valence-corrected chi connectivity index (χ3v) is 8.28. The molecule has 0 saturated carbocycles. The van der Waals surface area contributed by atoms with Gasteiger partial charge in [0.2, 0.25) is 0 Å². The Hall–Kier alpha value is -6.18. The first kappa shape index (κ1) is 37.1. The number of rotatable bonds is 8. The fourth-order valence-corrected chi connectivity index (χ4v) is 5.74. The summed E-state index contributed by atoms with van der Waals surface area (Å²) in [5.41, 5.74) is 2.75. The molecule has 2 amide bonds. The van der Waals surface area contributed by atoms with E-state index in [-0.39, 0.29) is 34.7 Å². The lowest BCUT2D eigenvalue weighted by Crippen LogP contribution is -2.31. The van der Waals surface area contributed by atoms with Crippen molar-refractivity contribution in [3.05, 3.63) is 129 Å². The fourth-order valence-electron chi connectivity index (χ4n) is 5.74. The van der Waals surface area contributed by atoms with Gasteiger partial charge in [-0.1, -0.05) is 30.3 Å². The molecule has 0 spiro atoms. The zero-order valence-electron chi connectivity index (χ0n) is 29.2. The summed E-state index contributed by atoms with van der Waals surface area (Å²) < 4.78 is 33.4. The van der Waals surface area contributed by atoms with Crippen molar-refractivity contribution in [1.82, 2.24) is 25.2 Å². The highest BCUT2D eigenvalue weighted by Gasteiger charge is 2.30. The second-order valence-electron chi connectivity index (χ2n) is 13.0. The number of esters is 1. The highest BCUT2D eigenvalue weighted by molar-refractivity contribution is 6.01. The van der Waals surface area contributed by atoms with Crippen LogP contribution in [0.1, 0.15) is 97.2 Å². The van der Waals surface area contributed by atoms with Crippen molar-refractivity contribution in [1.29, 1.82) is 0 Å². The van der Waals surface area contributed by atoms with Gasteiger partial charge in [0.05, 0.1) is 17.8 Å². The normalized spacial score (nSPS) is 13.4. The summed E-state index contributed by atoms with van der Waals surface area (Å²) in [6.07, 6.45) is 2.16. The molecule has 1 aliphatic rings. The maximum atomic E-state index is 13.6. The SMILES string of the molecule is CNc1ccccc1.Cc1c(C(=O)OC(C)(C)C)ccc2c1CC[C@@H]2NC(=O)c1cc(C(=O)NCc2ccc(F)c(F)c2)nc2c(C(=O)O)cnn12. The smallest absolute Gasteiger partial charge is 0.341 e. The van der Waals surface area contributed by atoms with E-state index in [9.17, 15) is 33.1 Å². The molecule has 12 nitrogen and oxygen atoms in total. The Bertz CT molecular complexity index is 2160. The predicted molar refractivity (Wildman–Crippen MR) is 188 cm³/mol. The minimum Gasteiger partial charge on any atom is -0.477 e. The van der Waals surface area contributed by atoms with Gasteiger partial charge in [-0.25, -0.2) is 27.9 Å². The number of benzene rings is 3. The van der Waals surface area contributed by atoms with E-state index in [2.05, 4.69) is 26.0 Å². The number of para-hydroxylation sites is 1. The number of carboxylic acid groups (broad SMARTS) is 1. The molecule has 0 radical (unpaired) electrons. The monoisotopic (exact) mass is 712 g/mol. The van der Waals surface area contributed by atoms with Crippen LogP contribution in [0.2, 0.25) is 0 Å². The van der Waals surface area contributed by atoms with Crippen molar-refractivity contribution in [3.63, 3.8) is 0 Å². The van der Waals surface area contributed by atoms with Gasteiger partial charge in [0.1, 0.15) is 22.6 Å². The number of hydrogen-bond donors (Lipinski definition) is 4. The minimum absolute atomic E-state index is 0.143. The minimum atomic E-state index is -1.36. The number of fused-ring (bicyclic) bond motifs is 2. The van der Waals surface area contributed by atoms with Crippen LogP contribution in [0, 0.1) is 18.6 Å². The van der Waals surface area contributed by atoms with E-state index in [1.807, 2.05) is 44.3 Å². The largest absolute Gasteiger partial charge is 0.477 e. The van der Waals surface area contributed by atoms with Crippen LogP contribution in [0.5, 0.6) is 0 Å². The van der Waals surface area contributed by atoms with E-state index in [1.54, 1.807) is 32.9 Å². The molecule has 2 aromatic heterocycles. The molecule has 0 saturated heterocycles. The lowest BCUT2D eigenvalue weighted by Gasteiger charge is -2.21. The number of carbonyl (C=O) groups is 4. The van der Waals surface area contributed by atoms with Gasteiger partial charge in [0, 0.05) is 25.3 Å². The molecule has 52 heavy (non-hydrogen) atoms. The molecule has 3 aromatic carbocycles. The average Bonchev–Trinajstić information content (AvgIpc) is 3.73. The van der Waals surface area contributed by atoms with Gasteiger partial charge in [-0.15, -0.1) is 0 Å². The Morgan fingerprint density at radius 1 is 0.962 bits per heavy atom. The average molecular weight is 713 g/mol. The van der Waals surface area contributed by atoms with Crippen LogP contribution in [0.3, 0.4) is 0 Å². The van der Waals surface area contributed by atoms with E-state index in [1.165, 1.54) is 12.1 Å². The molecule has 0 bridgehead atoms. The quantitative estimate of drug-likeness (QED) is 0.140. The van der Waals surface area contributed by atoms with Crippen molar-refractivity contribution in [2.45, 2.75) is 58.7 Å². The van der Waals surface area contributed by atoms with Gasteiger partial charge in [-0.2, -0.15) is 5.10 Å². The maximum absolute atomic E-state index is 13.6. The zero-order valence-corrected chi connectivity index (χ0v) is 29.2. The zero-order chi connectivity index (χ0) is 37.7. The van der Waals surface area contributed by atoms with E-state index < -0.39 is 47.0 Å². The van der Waals surface area contributed by atoms with E-state index in [4.69, 9.17) is 4.74 Å². The Kier molecular flexibility index (Phi) is 11.0. The van der Waals surface area contributed by atoms with Crippen molar-refractivity contribution >= 4 is 35.1 Å². The molecule has 6 rings (SSSR count). The lowest BCUT2D eigenvalue weighted by molar-refractivity contribution is 0.00681. The molecule has 4 N–H and O–H groups in total. The van der Waals surface area contributed by atoms with Gasteiger partial charge >= 0.3 is 11.9 Å². The van der Waals surface area contributed by atoms with Gasteiger partial charge in [0.15, 0.2) is 17.3 Å². The molecule has 270 valence electrons. The van der Waals surface area contributed by atoms with Crippen LogP contribution in [0.4, 0.5) is 14.5 Å². The molecule has 1 atom stereocenters. The van der Waals surface area contributed by atoms with Gasteiger partial charge in [-0.3, -0.25) is 9.59 Å². The van der Waals surface area contributed by atoms with Gasteiger partial charge in [-0.05, 0) is 93.1 Å². The first-order valence-electron chi connectivity index (χ1n) is 16.4. The second kappa shape index (κ2) is 15.4. The molecule has 0 unspecified atom stereocenters. The highest BCUT2D eigenvalue weighted by atomic mass is 19.2. The number of carboxylic acids is 1. The summed E-state index contributed by atoms with van der Waals surface area (Å²) in [5.74, 6) is -5.33. The number of hydrogen-bond acceptors (Lipinski definition) is 8. The van der Waals surface area contributed by atoms with Crippen LogP contribution in [-0.4, -0.2) is 56.1 Å². The van der Waals surface area contributed by atoms with Crippen LogP contribution in [0.25, 0.3) is 5.65 Å². The Morgan fingerprint density at radius 2 is 1.69 bits per heavy atom. The number of nitrogens with zero attached hydrogens (tertiary/aromatic N) is 3. The molecule has 0 fully saturated rings. The number of carbonyl (C=O) groups excluding carboxylic acids is 3. The number of amides is 2. The maximum Gasteiger partial charge on any atom is 0.341 e. The van der Waals surface area contributed by atoms with Gasteiger partial charge in [0.25, 0.3) is 11.8 Å². The summed E-state index contributed by atoms with van der Waals surface area (Å²) in [7, 11) is 1.91. The Morgan fingerprint density at radius 3 is 2.33 bits per heavy atom. The summed E-state index contributed by atoms with van der Waals surface area (Å²) in [6, 6.07) is 17.4. The molecule has 2 heterocycles. The standard InChI is InChI=1S/C31H29F2N5O6.C7H9N/c1-15-17-8-10-23(19(17)7-6-18(15)30(43)44-31(2,3)4)37-28(40)25-12-24(36-26-20(29(41)42)14-35-38(25)26)27(39)34-13-16-5-9-21(32)22(33)11-16;1-8-7-5-3-2-4-6-7/h5-7,9,11-12,14,23H,8,10,13H2,1-4H3,(H,34,39)(H,37,40)(H,41,42);2-6,8H,1H3/t23-;/m0./s1. The van der Waals surface area contributed by atoms with Gasteiger partial charge < -0.3 is 25.8 Å². The third kappa shape index (κ3) is 8.40. The Balaban J connectivity index is 0.000000577. The summed E-state index contributed by atoms with van der Waals surface area (Å²) >= 11 is 0. The topological polar surface area (TPSA) is 164 Å². The molecule has 14 heteroatoms. The van der Waals surface area contributed by atoms with Crippen LogP contribution in [-0.2, 0) is 17.7 Å². The molecule has 0 aliphatic heterocycles. The first-order valence-corrected chi connectivity index (χ1v) is 16.4. The molecular weight excluding hydrogens is 674 g/mol. The second-order valence-corrected chi connectivity index (χ2v) is 13.0. The number of aromatic carboxylic acids is 1. The van der Waals surface area contributed by atoms with Crippen LogP contribution >= 0.6 is 0 Å². The highest BCUT2D eigenvalue weighted by Crippen LogP contribution is 2.35. The van der Waals surface area contributed by atoms with E-state index in [0.717, 1.165) is 45.2 Å². The van der Waals surface area contributed by atoms with Crippen LogP contribution < -0.4 is 16.0 Å². The number of aromatic nitrogens is 3. The van der Waals surface area contributed by atoms with E-state index in [0.29, 0.717) is 18.4 Å².